The van der Waals surface area contributed by atoms with Gasteiger partial charge in [-0.2, -0.15) is 0 Å². The molecular formula is C28H39N3O8. The summed E-state index contributed by atoms with van der Waals surface area (Å²) in [6.45, 7) is 8.60. The van der Waals surface area contributed by atoms with Crippen LogP contribution in [0.15, 0.2) is 16.3 Å². The van der Waals surface area contributed by atoms with Crippen molar-refractivity contribution < 1.29 is 39.5 Å². The lowest BCUT2D eigenvalue weighted by atomic mass is 9.41. The van der Waals surface area contributed by atoms with E-state index in [9.17, 15) is 30.0 Å². The molecule has 0 aromatic carbocycles. The quantitative estimate of drug-likeness (QED) is 0.137. The minimum atomic E-state index is -1.85. The van der Waals surface area contributed by atoms with Crippen molar-refractivity contribution in [3.8, 4) is 0 Å². The number of hydrogen-bond donors (Lipinski definition) is 4. The van der Waals surface area contributed by atoms with Gasteiger partial charge in [-0.05, 0) is 77.2 Å². The molecule has 11 heteroatoms. The Bertz CT molecular complexity index is 1250. The number of nitrogens with zero attached hydrogens (tertiary/aromatic N) is 3. The Kier molecular flexibility index (Phi) is 5.46. The van der Waals surface area contributed by atoms with Gasteiger partial charge in [-0.3, -0.25) is 4.79 Å². The second-order valence-corrected chi connectivity index (χ2v) is 13.7. The van der Waals surface area contributed by atoms with Crippen LogP contribution >= 0.6 is 0 Å². The summed E-state index contributed by atoms with van der Waals surface area (Å²) in [5, 5.41) is 51.8. The first kappa shape index (κ1) is 27.2. The number of ketones is 1. The first-order valence-corrected chi connectivity index (χ1v) is 14.0. The number of cyclic esters (lactones) is 1. The van der Waals surface area contributed by atoms with E-state index in [1.807, 2.05) is 13.8 Å². The first-order valence-electron chi connectivity index (χ1n) is 14.0. The van der Waals surface area contributed by atoms with E-state index >= 15 is 0 Å². The Hall–Kier alpha value is -2.01. The third kappa shape index (κ3) is 2.84. The van der Waals surface area contributed by atoms with E-state index in [4.69, 9.17) is 15.0 Å². The van der Waals surface area contributed by atoms with E-state index in [1.54, 1.807) is 13.8 Å². The molecule has 0 amide bonds. The molecule has 0 aromatic heterocycles. The average molecular weight is 546 g/mol. The molecule has 4 N–H and O–H groups in total. The number of fused-ring (bicyclic) bond motifs is 4. The van der Waals surface area contributed by atoms with Crippen LogP contribution in [0.5, 0.6) is 0 Å². The Morgan fingerprint density at radius 3 is 2.44 bits per heavy atom. The summed E-state index contributed by atoms with van der Waals surface area (Å²) in [6, 6.07) is -0.903. The van der Waals surface area contributed by atoms with Crippen molar-refractivity contribution >= 4 is 11.8 Å². The molecule has 4 aliphatic carbocycles. The van der Waals surface area contributed by atoms with Crippen molar-refractivity contribution in [3.63, 3.8) is 0 Å². The number of aliphatic hydroxyl groups excluding tert-OH is 1. The lowest BCUT2D eigenvalue weighted by molar-refractivity contribution is -0.284. The van der Waals surface area contributed by atoms with Crippen LogP contribution in [-0.2, 0) is 19.1 Å². The van der Waals surface area contributed by atoms with E-state index in [0.717, 1.165) is 5.57 Å². The highest BCUT2D eigenvalue weighted by molar-refractivity contribution is 5.90. The van der Waals surface area contributed by atoms with Crippen molar-refractivity contribution in [1.29, 1.82) is 0 Å². The number of carbonyl (C=O) groups is 2. The number of aliphatic hydroxyl groups is 4. The number of carbonyl (C=O) groups excluding carboxylic acids is 2. The lowest BCUT2D eigenvalue weighted by Gasteiger charge is -2.64. The zero-order valence-electron chi connectivity index (χ0n) is 23.2. The molecule has 2 heterocycles. The van der Waals surface area contributed by atoms with Gasteiger partial charge in [-0.1, -0.05) is 17.6 Å². The van der Waals surface area contributed by atoms with E-state index in [1.165, 1.54) is 6.92 Å². The topological polar surface area (TPSA) is 186 Å². The van der Waals surface area contributed by atoms with Gasteiger partial charge < -0.3 is 29.9 Å². The maximum Gasteiger partial charge on any atom is 0.334 e. The van der Waals surface area contributed by atoms with Crippen molar-refractivity contribution in [2.24, 2.45) is 27.8 Å². The van der Waals surface area contributed by atoms with Crippen LogP contribution in [0.3, 0.4) is 0 Å². The number of Topliss-reactive ketones (excluding diaryl/α,β-unsaturated/α-hetero) is 1. The highest BCUT2D eigenvalue weighted by Gasteiger charge is 2.85. The number of rotatable bonds is 3. The average Bonchev–Trinajstić information content (AvgIpc) is 3.57. The molecule has 0 radical (unpaired) electrons. The van der Waals surface area contributed by atoms with Gasteiger partial charge in [0.2, 0.25) is 0 Å². The molecular weight excluding hydrogens is 506 g/mol. The molecule has 214 valence electrons. The summed E-state index contributed by atoms with van der Waals surface area (Å²) < 4.78 is 11.8. The van der Waals surface area contributed by atoms with Gasteiger partial charge in [0.25, 0.3) is 0 Å². The molecule has 0 unspecified atom stereocenters. The van der Waals surface area contributed by atoms with Crippen LogP contribution in [0.2, 0.25) is 0 Å². The zero-order chi connectivity index (χ0) is 28.6. The number of azide groups is 1. The fourth-order valence-electron chi connectivity index (χ4n) is 9.95. The molecule has 5 fully saturated rings. The number of hydrogen-bond acceptors (Lipinski definition) is 9. The molecule has 6 aliphatic rings. The van der Waals surface area contributed by atoms with Crippen LogP contribution < -0.4 is 0 Å². The highest BCUT2D eigenvalue weighted by atomic mass is 16.6. The summed E-state index contributed by atoms with van der Waals surface area (Å²) >= 11 is 0. The zero-order valence-corrected chi connectivity index (χ0v) is 23.2. The molecule has 2 aliphatic heterocycles. The van der Waals surface area contributed by atoms with E-state index < -0.39 is 69.5 Å². The van der Waals surface area contributed by atoms with Crippen LogP contribution in [0.1, 0.15) is 79.6 Å². The van der Waals surface area contributed by atoms with E-state index in [2.05, 4.69) is 10.0 Å². The Balaban J connectivity index is 1.37. The number of epoxide rings is 1. The SMILES string of the molecule is CC1=C(C)C(=O)O[C@@H]([C@](C)(O)[C@]2(O)CC[C@@]3(O)[C@@H]4C[C@H]5O[C@]56[C@@H](O)[C@@H](N=[N+]=[N-])CC(=O)[C@]6(C)[C@H]4CC[C@]23C)C1. The fourth-order valence-corrected chi connectivity index (χ4v) is 9.95. The predicted octanol–water partition coefficient (Wildman–Crippen LogP) is 2.24. The van der Waals surface area contributed by atoms with E-state index in [0.29, 0.717) is 24.8 Å². The van der Waals surface area contributed by atoms with Gasteiger partial charge in [-0.15, -0.1) is 0 Å². The molecule has 39 heavy (non-hydrogen) atoms. The lowest BCUT2D eigenvalue weighted by Crippen LogP contribution is -2.74. The van der Waals surface area contributed by atoms with Gasteiger partial charge in [0.15, 0.2) is 0 Å². The van der Waals surface area contributed by atoms with Crippen molar-refractivity contribution in [2.75, 3.05) is 0 Å². The van der Waals surface area contributed by atoms with Gasteiger partial charge in [0.1, 0.15) is 28.7 Å². The molecule has 11 nitrogen and oxygen atoms in total. The van der Waals surface area contributed by atoms with Gasteiger partial charge in [0.05, 0.1) is 29.3 Å². The smallest absolute Gasteiger partial charge is 0.334 e. The standard InChI is InChI=1S/C28H39N3O8/c1-13-10-19(38-22(34)14(13)2)25(5,35)27(37)9-8-26(36)16-11-20-28(39-20)21(33)17(30-31-29)12-18(32)24(28,4)15(16)6-7-23(26,27)3/h15-17,19-21,33,35-37H,6-12H2,1-5H3/t15-,16+,17-,19+,20+,21-,23-,24-,25-,26+,27-,28-/m0/s1. The minimum Gasteiger partial charge on any atom is -0.455 e. The van der Waals surface area contributed by atoms with Crippen LogP contribution in [0.25, 0.3) is 10.4 Å². The van der Waals surface area contributed by atoms with Gasteiger partial charge >= 0.3 is 5.97 Å². The highest BCUT2D eigenvalue weighted by Crippen LogP contribution is 2.75. The normalized spacial score (nSPS) is 53.9. The largest absolute Gasteiger partial charge is 0.455 e. The van der Waals surface area contributed by atoms with Crippen LogP contribution in [-0.4, -0.2) is 78.9 Å². The first-order chi connectivity index (χ1) is 18.1. The maximum atomic E-state index is 13.7. The van der Waals surface area contributed by atoms with E-state index in [-0.39, 0.29) is 37.4 Å². The molecule has 1 spiro atoms. The molecule has 0 aromatic rings. The predicted molar refractivity (Wildman–Crippen MR) is 136 cm³/mol. The second-order valence-electron chi connectivity index (χ2n) is 13.7. The second kappa shape index (κ2) is 7.84. The van der Waals surface area contributed by atoms with Crippen molar-refractivity contribution in [3.05, 3.63) is 21.6 Å². The molecule has 1 saturated heterocycles. The molecule has 0 bridgehead atoms. The summed E-state index contributed by atoms with van der Waals surface area (Å²) in [5.74, 6) is -1.44. The third-order valence-electron chi connectivity index (χ3n) is 12.7. The Morgan fingerprint density at radius 2 is 1.79 bits per heavy atom. The number of ether oxygens (including phenoxy) is 2. The van der Waals surface area contributed by atoms with Crippen LogP contribution in [0, 0.1) is 22.7 Å². The summed E-state index contributed by atoms with van der Waals surface area (Å²) in [7, 11) is 0. The molecule has 4 saturated carbocycles. The summed E-state index contributed by atoms with van der Waals surface area (Å²) in [5.41, 5.74) is 1.75. The molecule has 6 rings (SSSR count). The minimum absolute atomic E-state index is 0.0922. The number of esters is 1. The Labute approximate surface area is 227 Å². The van der Waals surface area contributed by atoms with Crippen LogP contribution in [0.4, 0.5) is 0 Å². The van der Waals surface area contributed by atoms with Gasteiger partial charge in [0, 0.05) is 28.7 Å². The molecule has 12 atom stereocenters. The van der Waals surface area contributed by atoms with Crippen molar-refractivity contribution in [2.45, 2.75) is 126 Å². The fraction of sp³-hybridized carbons (Fsp3) is 0.857. The summed E-state index contributed by atoms with van der Waals surface area (Å²) in [6.07, 6.45) is -1.01. The third-order valence-corrected chi connectivity index (χ3v) is 12.7. The van der Waals surface area contributed by atoms with Gasteiger partial charge in [-0.25, -0.2) is 4.79 Å². The maximum absolute atomic E-state index is 13.7. The Morgan fingerprint density at radius 1 is 1.10 bits per heavy atom. The monoisotopic (exact) mass is 545 g/mol. The van der Waals surface area contributed by atoms with Crippen molar-refractivity contribution in [1.82, 2.24) is 0 Å². The summed E-state index contributed by atoms with van der Waals surface area (Å²) in [4.78, 5) is 29.1.